The molecule has 4 nitrogen and oxygen atoms in total. The molecule has 0 spiro atoms. The topological polar surface area (TPSA) is 65.2 Å². The molecule has 0 aliphatic carbocycles. The molecule has 0 fully saturated rings. The number of nitriles is 1. The summed E-state index contributed by atoms with van der Waals surface area (Å²) in [7, 11) is 0. The normalized spacial score (nSPS) is 11.4. The molecule has 0 saturated carbocycles. The van der Waals surface area contributed by atoms with Gasteiger partial charge in [0.1, 0.15) is 6.07 Å². The third-order valence-corrected chi connectivity index (χ3v) is 11.2. The van der Waals surface area contributed by atoms with Crippen LogP contribution >= 0.6 is 18.2 Å². The Morgan fingerprint density at radius 2 is 1.16 bits per heavy atom. The molecule has 5 rings (SSSR count). The molecular weight excluding hydrogens is 505 g/mol. The number of carbonyl (C=O) groups excluding carboxylic acids is 1. The van der Waals surface area contributed by atoms with Crippen molar-refractivity contribution in [3.8, 4) is 6.07 Å². The fourth-order valence-electron chi connectivity index (χ4n) is 4.44. The molecule has 0 radical (unpaired) electrons. The van der Waals surface area contributed by atoms with Crippen molar-refractivity contribution < 1.29 is 4.79 Å². The fourth-order valence-corrected chi connectivity index (χ4v) is 9.26. The first-order valence-corrected chi connectivity index (χ1v) is 14.7. The average Bonchev–Trinajstić information content (AvgIpc) is 3.54. The summed E-state index contributed by atoms with van der Waals surface area (Å²) in [6.07, 6.45) is 0. The van der Waals surface area contributed by atoms with E-state index in [0.29, 0.717) is 10.2 Å². The lowest BCUT2D eigenvalue weighted by atomic mass is 10.1. The number of ketones is 1. The van der Waals surface area contributed by atoms with Crippen LogP contribution in [0.25, 0.3) is 0 Å². The lowest BCUT2D eigenvalue weighted by Gasteiger charge is -2.30. The molecule has 0 aliphatic rings. The van der Waals surface area contributed by atoms with Crippen LogP contribution in [0.4, 0.5) is 5.69 Å². The zero-order chi connectivity index (χ0) is 26.2. The Balaban J connectivity index is 1.93. The van der Waals surface area contributed by atoms with Gasteiger partial charge in [-0.2, -0.15) is 10.4 Å². The number of anilines is 1. The van der Waals surface area contributed by atoms with Crippen LogP contribution in [-0.4, -0.2) is 16.8 Å². The van der Waals surface area contributed by atoms with Crippen molar-refractivity contribution in [3.63, 3.8) is 0 Å². The van der Waals surface area contributed by atoms with Gasteiger partial charge in [0.15, 0.2) is 5.71 Å². The number of Topliss-reactive ketones (excluding diaryl/α,β-unsaturated/α-hetero) is 1. The van der Waals surface area contributed by atoms with Crippen molar-refractivity contribution in [2.75, 3.05) is 5.43 Å². The number of carbonyl (C=O) groups is 1. The fraction of sp³-hybridized carbons (Fsp3) is 0. The summed E-state index contributed by atoms with van der Waals surface area (Å²) in [5.74, 6) is -0.285. The van der Waals surface area contributed by atoms with E-state index in [-0.39, 0.29) is 11.5 Å². The molecule has 4 aromatic carbocycles. The summed E-state index contributed by atoms with van der Waals surface area (Å²) in [6.45, 7) is -2.83. The maximum absolute atomic E-state index is 14.1. The third-order valence-electron chi connectivity index (χ3n) is 6.13. The molecule has 0 unspecified atom stereocenters. The van der Waals surface area contributed by atoms with Gasteiger partial charge in [0.05, 0.1) is 15.9 Å². The second kappa shape index (κ2) is 11.7. The van der Waals surface area contributed by atoms with E-state index in [2.05, 4.69) is 16.6 Å². The van der Waals surface area contributed by atoms with Gasteiger partial charge in [0.25, 0.3) is 0 Å². The van der Waals surface area contributed by atoms with Crippen molar-refractivity contribution >= 4 is 56.6 Å². The van der Waals surface area contributed by atoms with E-state index in [1.54, 1.807) is 6.07 Å². The van der Waals surface area contributed by atoms with Gasteiger partial charge in [-0.25, -0.2) is 0 Å². The monoisotopic (exact) mass is 529 g/mol. The highest BCUT2D eigenvalue weighted by Gasteiger charge is 2.35. The summed E-state index contributed by atoms with van der Waals surface area (Å²) in [4.78, 5) is 14.6. The minimum atomic E-state index is -2.83. The van der Waals surface area contributed by atoms with E-state index < -0.39 is 6.89 Å². The van der Waals surface area contributed by atoms with Crippen LogP contribution in [0, 0.1) is 11.3 Å². The van der Waals surface area contributed by atoms with Crippen molar-refractivity contribution in [3.05, 3.63) is 144 Å². The summed E-state index contributed by atoms with van der Waals surface area (Å²) < 4.78 is 0. The minimum absolute atomic E-state index is 0.115. The van der Waals surface area contributed by atoms with E-state index in [1.165, 1.54) is 11.3 Å². The van der Waals surface area contributed by atoms with Gasteiger partial charge < -0.3 is 0 Å². The summed E-state index contributed by atoms with van der Waals surface area (Å²) in [5.41, 5.74) is 3.89. The summed E-state index contributed by atoms with van der Waals surface area (Å²) >= 11 is 1.34. The van der Waals surface area contributed by atoms with Crippen molar-refractivity contribution in [1.82, 2.24) is 0 Å². The van der Waals surface area contributed by atoms with Gasteiger partial charge in [0, 0.05) is 0 Å². The molecule has 0 bridgehead atoms. The highest BCUT2D eigenvalue weighted by Crippen LogP contribution is 2.46. The highest BCUT2D eigenvalue weighted by atomic mass is 32.1. The molecule has 1 N–H and O–H groups in total. The molecule has 1 aromatic heterocycles. The largest absolute Gasteiger partial charge is 0.286 e. The lowest BCUT2D eigenvalue weighted by Crippen LogP contribution is -2.36. The maximum atomic E-state index is 14.1. The van der Waals surface area contributed by atoms with E-state index >= 15 is 0 Å². The van der Waals surface area contributed by atoms with E-state index in [0.717, 1.165) is 21.6 Å². The van der Waals surface area contributed by atoms with Crippen molar-refractivity contribution in [2.45, 2.75) is 0 Å². The molecule has 0 atom stereocenters. The number of benzene rings is 4. The number of rotatable bonds is 8. The Morgan fingerprint density at radius 3 is 1.58 bits per heavy atom. The third kappa shape index (κ3) is 4.88. The predicted molar refractivity (Wildman–Crippen MR) is 162 cm³/mol. The molecule has 0 saturated heterocycles. The number of hydrazone groups is 1. The van der Waals surface area contributed by atoms with Crippen LogP contribution in [0.5, 0.6) is 0 Å². The van der Waals surface area contributed by atoms with E-state index in [9.17, 15) is 10.1 Å². The Morgan fingerprint density at radius 1 is 0.684 bits per heavy atom. The number of nitrogens with zero attached hydrogens (tertiary/aromatic N) is 2. The van der Waals surface area contributed by atoms with Crippen LogP contribution in [0.15, 0.2) is 144 Å². The molecular formula is C32H24N3OPS. The number of hydrogen-bond donors (Lipinski definition) is 1. The molecule has 1 heterocycles. The Bertz CT molecular complexity index is 1540. The van der Waals surface area contributed by atoms with Gasteiger partial charge in [-0.1, -0.05) is 115 Å². The first-order chi connectivity index (χ1) is 18.7. The first kappa shape index (κ1) is 25.2. The highest BCUT2D eigenvalue weighted by molar-refractivity contribution is 7.97. The first-order valence-electron chi connectivity index (χ1n) is 12.1. The van der Waals surface area contributed by atoms with Gasteiger partial charge in [-0.05, 0) is 46.4 Å². The molecule has 184 valence electrons. The molecule has 5 aromatic rings. The average molecular weight is 530 g/mol. The van der Waals surface area contributed by atoms with Crippen LogP contribution in [-0.2, 0) is 0 Å². The minimum Gasteiger partial charge on any atom is -0.286 e. The Kier molecular flexibility index (Phi) is 7.75. The smallest absolute Gasteiger partial charge is 0.224 e. The van der Waals surface area contributed by atoms with Crippen LogP contribution in [0.2, 0.25) is 0 Å². The lowest BCUT2D eigenvalue weighted by molar-refractivity contribution is 0.107. The quantitative estimate of drug-likeness (QED) is 0.115. The number of nitrogens with one attached hydrogen (secondary N) is 1. The van der Waals surface area contributed by atoms with E-state index in [1.807, 2.05) is 133 Å². The number of thiophene rings is 1. The van der Waals surface area contributed by atoms with Crippen LogP contribution < -0.4 is 21.3 Å². The zero-order valence-corrected chi connectivity index (χ0v) is 22.1. The summed E-state index contributed by atoms with van der Waals surface area (Å²) in [6, 6.07) is 45.6. The van der Waals surface area contributed by atoms with Gasteiger partial charge in [-0.3, -0.25) is 10.2 Å². The van der Waals surface area contributed by atoms with E-state index in [4.69, 9.17) is 0 Å². The number of hydrogen-bond acceptors (Lipinski definition) is 5. The molecule has 0 amide bonds. The van der Waals surface area contributed by atoms with Crippen molar-refractivity contribution in [2.24, 2.45) is 5.10 Å². The van der Waals surface area contributed by atoms with Crippen molar-refractivity contribution in [1.29, 1.82) is 5.26 Å². The maximum Gasteiger partial charge on any atom is 0.224 e. The predicted octanol–water partition coefficient (Wildman–Crippen LogP) is 6.09. The molecule has 38 heavy (non-hydrogen) atoms. The SMILES string of the molecule is N#CC(/C(=N\Nc1ccccc1)C(=O)c1cccs1)=P(c1ccccc1)(c1ccccc1)c1ccccc1. The summed E-state index contributed by atoms with van der Waals surface area (Å²) in [5, 5.41) is 20.7. The Labute approximate surface area is 226 Å². The molecule has 0 aliphatic heterocycles. The Hall–Kier alpha value is -4.49. The second-order valence-corrected chi connectivity index (χ2v) is 12.7. The standard InChI is InChI=1S/C32H24N3OPS/c33-24-29(31(32(36)30-22-13-23-38-30)35-34-25-14-5-1-6-15-25)37(26-16-7-2-8-17-26,27-18-9-3-10-19-27)28-20-11-4-12-21-28/h1-23,34H/b35-31+. The van der Waals surface area contributed by atoms with Crippen LogP contribution in [0.3, 0.4) is 0 Å². The van der Waals surface area contributed by atoms with Gasteiger partial charge in [-0.15, -0.1) is 11.3 Å². The number of para-hydroxylation sites is 1. The van der Waals surface area contributed by atoms with Gasteiger partial charge >= 0.3 is 0 Å². The van der Waals surface area contributed by atoms with Crippen LogP contribution in [0.1, 0.15) is 9.67 Å². The molecule has 6 heteroatoms. The zero-order valence-electron chi connectivity index (χ0n) is 20.4. The van der Waals surface area contributed by atoms with Gasteiger partial charge in [0.2, 0.25) is 5.78 Å². The second-order valence-electron chi connectivity index (χ2n) is 8.38.